The zero-order valence-electron chi connectivity index (χ0n) is 13.9. The summed E-state index contributed by atoms with van der Waals surface area (Å²) in [5.41, 5.74) is 1.23. The van der Waals surface area contributed by atoms with E-state index in [9.17, 15) is 4.79 Å². The van der Waals surface area contributed by atoms with Crippen LogP contribution in [0.1, 0.15) is 31.7 Å². The Morgan fingerprint density at radius 1 is 1.22 bits per heavy atom. The van der Waals surface area contributed by atoms with Gasteiger partial charge >= 0.3 is 6.09 Å². The monoisotopic (exact) mass is 314 g/mol. The Morgan fingerprint density at radius 2 is 1.91 bits per heavy atom. The van der Waals surface area contributed by atoms with E-state index in [1.54, 1.807) is 25.2 Å². The predicted molar refractivity (Wildman–Crippen MR) is 90.4 cm³/mol. The second kappa shape index (κ2) is 7.63. The molecule has 23 heavy (non-hydrogen) atoms. The Labute approximate surface area is 136 Å². The van der Waals surface area contributed by atoms with E-state index >= 15 is 0 Å². The predicted octanol–water partition coefficient (Wildman–Crippen LogP) is 4.24. The fourth-order valence-electron chi connectivity index (χ4n) is 2.07. The summed E-state index contributed by atoms with van der Waals surface area (Å²) in [5, 5.41) is 0. The van der Waals surface area contributed by atoms with Crippen molar-refractivity contribution in [2.75, 3.05) is 19.1 Å². The summed E-state index contributed by atoms with van der Waals surface area (Å²) in [4.78, 5) is 17.8. The second-order valence-corrected chi connectivity index (χ2v) is 5.34. The van der Waals surface area contributed by atoms with Crippen molar-refractivity contribution in [1.82, 2.24) is 4.98 Å². The second-order valence-electron chi connectivity index (χ2n) is 5.34. The van der Waals surface area contributed by atoms with Crippen LogP contribution in [0.5, 0.6) is 11.6 Å². The molecule has 2 aromatic rings. The SMILES string of the molecule is CCC(C)c1ccc(OC(=O)N(C)c2cccc(OC)n2)cc1. The minimum Gasteiger partial charge on any atom is -0.481 e. The zero-order chi connectivity index (χ0) is 16.8. The number of pyridine rings is 1. The van der Waals surface area contributed by atoms with Gasteiger partial charge in [-0.25, -0.2) is 4.79 Å². The number of ether oxygens (including phenoxy) is 2. The van der Waals surface area contributed by atoms with Gasteiger partial charge in [0.15, 0.2) is 0 Å². The van der Waals surface area contributed by atoms with Crippen molar-refractivity contribution < 1.29 is 14.3 Å². The lowest BCUT2D eigenvalue weighted by Crippen LogP contribution is -2.30. The standard InChI is InChI=1S/C18H22N2O3/c1-5-13(2)14-9-11-15(12-10-14)23-18(21)20(3)16-7-6-8-17(19-16)22-4/h6-13H,5H2,1-4H3. The Kier molecular flexibility index (Phi) is 5.57. The van der Waals surface area contributed by atoms with Gasteiger partial charge in [-0.15, -0.1) is 0 Å². The molecule has 1 aromatic heterocycles. The molecular weight excluding hydrogens is 292 g/mol. The lowest BCUT2D eigenvalue weighted by molar-refractivity contribution is 0.209. The molecule has 1 amide bonds. The summed E-state index contributed by atoms with van der Waals surface area (Å²) < 4.78 is 10.4. The van der Waals surface area contributed by atoms with Crippen molar-refractivity contribution in [2.24, 2.45) is 0 Å². The van der Waals surface area contributed by atoms with Gasteiger partial charge in [-0.1, -0.05) is 32.0 Å². The minimum absolute atomic E-state index is 0.444. The highest BCUT2D eigenvalue weighted by Gasteiger charge is 2.15. The maximum atomic E-state index is 12.2. The summed E-state index contributed by atoms with van der Waals surface area (Å²) in [5.74, 6) is 1.91. The molecule has 0 spiro atoms. The Hall–Kier alpha value is -2.56. The first-order chi connectivity index (χ1) is 11.0. The molecule has 0 saturated carbocycles. The molecule has 2 rings (SSSR count). The number of carbonyl (C=O) groups is 1. The van der Waals surface area contributed by atoms with Gasteiger partial charge in [0.05, 0.1) is 7.11 Å². The van der Waals surface area contributed by atoms with E-state index in [4.69, 9.17) is 9.47 Å². The van der Waals surface area contributed by atoms with Gasteiger partial charge in [0.25, 0.3) is 0 Å². The van der Waals surface area contributed by atoms with E-state index in [1.165, 1.54) is 17.6 Å². The molecule has 0 aliphatic rings. The first-order valence-corrected chi connectivity index (χ1v) is 7.61. The van der Waals surface area contributed by atoms with Crippen LogP contribution in [0.3, 0.4) is 0 Å². The number of hydrogen-bond acceptors (Lipinski definition) is 4. The quantitative estimate of drug-likeness (QED) is 0.828. The van der Waals surface area contributed by atoms with Crippen LogP contribution in [0.15, 0.2) is 42.5 Å². The van der Waals surface area contributed by atoms with Gasteiger partial charge in [-0.3, -0.25) is 4.90 Å². The number of aromatic nitrogens is 1. The van der Waals surface area contributed by atoms with Crippen molar-refractivity contribution in [3.63, 3.8) is 0 Å². The fraction of sp³-hybridized carbons (Fsp3) is 0.333. The van der Waals surface area contributed by atoms with Crippen molar-refractivity contribution in [2.45, 2.75) is 26.2 Å². The molecule has 1 unspecified atom stereocenters. The van der Waals surface area contributed by atoms with Gasteiger partial charge in [0.1, 0.15) is 11.6 Å². The Bertz CT molecular complexity index is 656. The van der Waals surface area contributed by atoms with Crippen LogP contribution >= 0.6 is 0 Å². The number of anilines is 1. The first-order valence-electron chi connectivity index (χ1n) is 7.61. The third-order valence-electron chi connectivity index (χ3n) is 3.80. The first kappa shape index (κ1) is 16.8. The molecule has 1 aromatic carbocycles. The lowest BCUT2D eigenvalue weighted by Gasteiger charge is -2.16. The Balaban J connectivity index is 2.05. The minimum atomic E-state index is -0.498. The maximum Gasteiger partial charge on any atom is 0.420 e. The average Bonchev–Trinajstić information content (AvgIpc) is 2.61. The topological polar surface area (TPSA) is 51.7 Å². The third kappa shape index (κ3) is 4.22. The number of hydrogen-bond donors (Lipinski definition) is 0. The number of rotatable bonds is 5. The van der Waals surface area contributed by atoms with Crippen LogP contribution in [0, 0.1) is 0 Å². The van der Waals surface area contributed by atoms with E-state index in [1.807, 2.05) is 24.3 Å². The van der Waals surface area contributed by atoms with Crippen molar-refractivity contribution in [3.8, 4) is 11.6 Å². The largest absolute Gasteiger partial charge is 0.481 e. The van der Waals surface area contributed by atoms with Gasteiger partial charge in [0, 0.05) is 13.1 Å². The molecule has 5 heteroatoms. The number of amides is 1. The van der Waals surface area contributed by atoms with E-state index in [-0.39, 0.29) is 0 Å². The molecule has 1 atom stereocenters. The highest BCUT2D eigenvalue weighted by atomic mass is 16.6. The molecule has 0 bridgehead atoms. The molecule has 0 fully saturated rings. The summed E-state index contributed by atoms with van der Waals surface area (Å²) in [7, 11) is 3.14. The average molecular weight is 314 g/mol. The molecule has 1 heterocycles. The fourth-order valence-corrected chi connectivity index (χ4v) is 2.07. The van der Waals surface area contributed by atoms with Crippen LogP contribution in [0.25, 0.3) is 0 Å². The summed E-state index contributed by atoms with van der Waals surface area (Å²) in [6, 6.07) is 12.8. The molecule has 0 aliphatic carbocycles. The summed E-state index contributed by atoms with van der Waals surface area (Å²) >= 11 is 0. The summed E-state index contributed by atoms with van der Waals surface area (Å²) in [6.45, 7) is 4.32. The van der Waals surface area contributed by atoms with Crippen LogP contribution in [-0.4, -0.2) is 25.2 Å². The number of nitrogens with zero attached hydrogens (tertiary/aromatic N) is 2. The van der Waals surface area contributed by atoms with Crippen LogP contribution < -0.4 is 14.4 Å². The molecule has 0 saturated heterocycles. The molecular formula is C18H22N2O3. The lowest BCUT2D eigenvalue weighted by atomic mass is 9.99. The smallest absolute Gasteiger partial charge is 0.420 e. The number of carbonyl (C=O) groups excluding carboxylic acids is 1. The highest BCUT2D eigenvalue weighted by Crippen LogP contribution is 2.22. The van der Waals surface area contributed by atoms with Gasteiger partial charge < -0.3 is 9.47 Å². The van der Waals surface area contributed by atoms with Gasteiger partial charge in [0.2, 0.25) is 5.88 Å². The van der Waals surface area contributed by atoms with E-state index in [0.717, 1.165) is 6.42 Å². The summed E-state index contributed by atoms with van der Waals surface area (Å²) in [6.07, 6.45) is 0.575. The Morgan fingerprint density at radius 3 is 2.52 bits per heavy atom. The van der Waals surface area contributed by atoms with E-state index < -0.39 is 6.09 Å². The van der Waals surface area contributed by atoms with Gasteiger partial charge in [-0.2, -0.15) is 4.98 Å². The van der Waals surface area contributed by atoms with E-state index in [2.05, 4.69) is 18.8 Å². The zero-order valence-corrected chi connectivity index (χ0v) is 13.9. The highest BCUT2D eigenvalue weighted by molar-refractivity contribution is 5.87. The molecule has 0 radical (unpaired) electrons. The third-order valence-corrected chi connectivity index (χ3v) is 3.80. The normalized spacial score (nSPS) is 11.7. The molecule has 5 nitrogen and oxygen atoms in total. The molecule has 0 aliphatic heterocycles. The van der Waals surface area contributed by atoms with Crippen LogP contribution in [0.2, 0.25) is 0 Å². The molecule has 122 valence electrons. The van der Waals surface area contributed by atoms with Crippen LogP contribution in [-0.2, 0) is 0 Å². The molecule has 0 N–H and O–H groups in total. The van der Waals surface area contributed by atoms with Crippen LogP contribution in [0.4, 0.5) is 10.6 Å². The maximum absolute atomic E-state index is 12.2. The van der Waals surface area contributed by atoms with Gasteiger partial charge in [-0.05, 0) is 36.1 Å². The number of benzene rings is 1. The van der Waals surface area contributed by atoms with Crippen molar-refractivity contribution in [3.05, 3.63) is 48.0 Å². The van der Waals surface area contributed by atoms with E-state index in [0.29, 0.717) is 23.4 Å². The van der Waals surface area contributed by atoms with Crippen molar-refractivity contribution >= 4 is 11.9 Å². The number of methoxy groups -OCH3 is 1. The van der Waals surface area contributed by atoms with Crippen molar-refractivity contribution in [1.29, 1.82) is 0 Å².